The van der Waals surface area contributed by atoms with E-state index in [-0.39, 0.29) is 5.92 Å². The Morgan fingerprint density at radius 3 is 2.75 bits per heavy atom. The van der Waals surface area contributed by atoms with E-state index in [0.29, 0.717) is 17.9 Å². The Kier molecular flexibility index (Phi) is 3.85. The second kappa shape index (κ2) is 5.17. The SMILES string of the molecule is CC1CCC(C)N(C(=O)[C@@H]2CCCNC2)C1. The van der Waals surface area contributed by atoms with Gasteiger partial charge >= 0.3 is 0 Å². The van der Waals surface area contributed by atoms with Crippen molar-refractivity contribution >= 4 is 5.91 Å². The van der Waals surface area contributed by atoms with E-state index in [1.807, 2.05) is 0 Å². The minimum absolute atomic E-state index is 0.237. The standard InChI is InChI=1S/C13H24N2O/c1-10-5-6-11(2)15(9-10)13(16)12-4-3-7-14-8-12/h10-12,14H,3-9H2,1-2H3/t10?,11?,12-/m1/s1. The summed E-state index contributed by atoms with van der Waals surface area (Å²) < 4.78 is 0. The predicted molar refractivity (Wildman–Crippen MR) is 65.2 cm³/mol. The topological polar surface area (TPSA) is 32.3 Å². The van der Waals surface area contributed by atoms with Gasteiger partial charge in [0.1, 0.15) is 0 Å². The number of hydrogen-bond acceptors (Lipinski definition) is 2. The Balaban J connectivity index is 1.96. The van der Waals surface area contributed by atoms with E-state index in [9.17, 15) is 4.79 Å². The molecule has 2 heterocycles. The molecule has 2 fully saturated rings. The van der Waals surface area contributed by atoms with Crippen molar-refractivity contribution in [3.63, 3.8) is 0 Å². The second-order valence-electron chi connectivity index (χ2n) is 5.57. The van der Waals surface area contributed by atoms with Crippen molar-refractivity contribution in [1.82, 2.24) is 10.2 Å². The highest BCUT2D eigenvalue weighted by Gasteiger charge is 2.31. The first kappa shape index (κ1) is 11.9. The van der Waals surface area contributed by atoms with Gasteiger partial charge in [-0.3, -0.25) is 4.79 Å². The summed E-state index contributed by atoms with van der Waals surface area (Å²) >= 11 is 0. The number of carbonyl (C=O) groups is 1. The lowest BCUT2D eigenvalue weighted by Gasteiger charge is -2.39. The number of rotatable bonds is 1. The molecule has 0 radical (unpaired) electrons. The molecule has 0 aromatic heterocycles. The highest BCUT2D eigenvalue weighted by molar-refractivity contribution is 5.79. The molecule has 92 valence electrons. The van der Waals surface area contributed by atoms with Gasteiger partial charge in [0, 0.05) is 19.1 Å². The Morgan fingerprint density at radius 2 is 2.06 bits per heavy atom. The number of likely N-dealkylation sites (tertiary alicyclic amines) is 1. The summed E-state index contributed by atoms with van der Waals surface area (Å²) in [5.41, 5.74) is 0. The second-order valence-corrected chi connectivity index (χ2v) is 5.57. The van der Waals surface area contributed by atoms with Crippen LogP contribution in [0.3, 0.4) is 0 Å². The average molecular weight is 224 g/mol. The molecule has 2 aliphatic rings. The molecule has 0 aromatic carbocycles. The molecule has 2 unspecified atom stereocenters. The van der Waals surface area contributed by atoms with Gasteiger partial charge in [-0.05, 0) is 45.1 Å². The number of hydrogen-bond donors (Lipinski definition) is 1. The van der Waals surface area contributed by atoms with Crippen LogP contribution in [0, 0.1) is 11.8 Å². The molecule has 2 saturated heterocycles. The fourth-order valence-electron chi connectivity index (χ4n) is 2.89. The molecule has 3 heteroatoms. The predicted octanol–water partition coefficient (Wildman–Crippen LogP) is 1.63. The van der Waals surface area contributed by atoms with Crippen LogP contribution in [0.5, 0.6) is 0 Å². The van der Waals surface area contributed by atoms with Crippen molar-refractivity contribution in [3.8, 4) is 0 Å². The molecule has 0 aromatic rings. The zero-order chi connectivity index (χ0) is 11.5. The van der Waals surface area contributed by atoms with Crippen molar-refractivity contribution in [1.29, 1.82) is 0 Å². The number of carbonyl (C=O) groups excluding carboxylic acids is 1. The molecule has 2 aliphatic heterocycles. The van der Waals surface area contributed by atoms with E-state index < -0.39 is 0 Å². The highest BCUT2D eigenvalue weighted by Crippen LogP contribution is 2.24. The molecule has 2 rings (SSSR count). The van der Waals surface area contributed by atoms with Crippen molar-refractivity contribution in [2.24, 2.45) is 11.8 Å². The molecule has 0 aliphatic carbocycles. The van der Waals surface area contributed by atoms with Gasteiger partial charge in [0.15, 0.2) is 0 Å². The van der Waals surface area contributed by atoms with E-state index in [2.05, 4.69) is 24.1 Å². The monoisotopic (exact) mass is 224 g/mol. The minimum Gasteiger partial charge on any atom is -0.339 e. The lowest BCUT2D eigenvalue weighted by atomic mass is 9.91. The third kappa shape index (κ3) is 2.57. The zero-order valence-corrected chi connectivity index (χ0v) is 10.5. The number of piperidine rings is 2. The van der Waals surface area contributed by atoms with E-state index in [4.69, 9.17) is 0 Å². The van der Waals surface area contributed by atoms with Crippen LogP contribution in [0.15, 0.2) is 0 Å². The van der Waals surface area contributed by atoms with Crippen molar-refractivity contribution in [2.45, 2.75) is 45.6 Å². The molecule has 0 saturated carbocycles. The normalized spacial score (nSPS) is 36.1. The minimum atomic E-state index is 0.237. The Labute approximate surface area is 98.6 Å². The number of nitrogens with zero attached hydrogens (tertiary/aromatic N) is 1. The molecule has 1 N–H and O–H groups in total. The largest absolute Gasteiger partial charge is 0.339 e. The third-order valence-electron chi connectivity index (χ3n) is 4.05. The van der Waals surface area contributed by atoms with Gasteiger partial charge in [-0.1, -0.05) is 6.92 Å². The van der Waals surface area contributed by atoms with Crippen LogP contribution in [-0.4, -0.2) is 36.5 Å². The van der Waals surface area contributed by atoms with Crippen LogP contribution in [0.25, 0.3) is 0 Å². The lowest BCUT2D eigenvalue weighted by Crippen LogP contribution is -2.50. The van der Waals surface area contributed by atoms with Gasteiger partial charge in [-0.2, -0.15) is 0 Å². The first-order valence-corrected chi connectivity index (χ1v) is 6.69. The average Bonchev–Trinajstić information content (AvgIpc) is 2.32. The van der Waals surface area contributed by atoms with Gasteiger partial charge in [-0.25, -0.2) is 0 Å². The Morgan fingerprint density at radius 1 is 1.25 bits per heavy atom. The summed E-state index contributed by atoms with van der Waals surface area (Å²) in [5.74, 6) is 1.31. The van der Waals surface area contributed by atoms with Gasteiger partial charge in [0.2, 0.25) is 5.91 Å². The maximum Gasteiger partial charge on any atom is 0.227 e. The maximum absolute atomic E-state index is 12.4. The van der Waals surface area contributed by atoms with Crippen LogP contribution in [-0.2, 0) is 4.79 Å². The fraction of sp³-hybridized carbons (Fsp3) is 0.923. The third-order valence-corrected chi connectivity index (χ3v) is 4.05. The smallest absolute Gasteiger partial charge is 0.227 e. The number of amides is 1. The van der Waals surface area contributed by atoms with E-state index in [1.165, 1.54) is 12.8 Å². The Hall–Kier alpha value is -0.570. The first-order chi connectivity index (χ1) is 7.68. The summed E-state index contributed by atoms with van der Waals surface area (Å²) in [6, 6.07) is 0.450. The van der Waals surface area contributed by atoms with Gasteiger partial charge in [0.05, 0.1) is 5.92 Å². The van der Waals surface area contributed by atoms with Crippen LogP contribution in [0.2, 0.25) is 0 Å². The van der Waals surface area contributed by atoms with Crippen LogP contribution >= 0.6 is 0 Å². The molecule has 0 bridgehead atoms. The summed E-state index contributed by atoms with van der Waals surface area (Å²) in [5, 5.41) is 3.33. The van der Waals surface area contributed by atoms with Crippen LogP contribution in [0.4, 0.5) is 0 Å². The molecule has 3 atom stereocenters. The van der Waals surface area contributed by atoms with E-state index in [1.54, 1.807) is 0 Å². The van der Waals surface area contributed by atoms with Gasteiger partial charge in [0.25, 0.3) is 0 Å². The molecule has 3 nitrogen and oxygen atoms in total. The van der Waals surface area contributed by atoms with Crippen molar-refractivity contribution in [3.05, 3.63) is 0 Å². The van der Waals surface area contributed by atoms with Crippen LogP contribution < -0.4 is 5.32 Å². The van der Waals surface area contributed by atoms with Crippen molar-refractivity contribution < 1.29 is 4.79 Å². The van der Waals surface area contributed by atoms with Gasteiger partial charge in [-0.15, -0.1) is 0 Å². The first-order valence-electron chi connectivity index (χ1n) is 6.69. The number of nitrogens with one attached hydrogen (secondary N) is 1. The molecule has 16 heavy (non-hydrogen) atoms. The van der Waals surface area contributed by atoms with Crippen LogP contribution in [0.1, 0.15) is 39.5 Å². The molecule has 0 spiro atoms. The summed E-state index contributed by atoms with van der Waals surface area (Å²) in [7, 11) is 0. The summed E-state index contributed by atoms with van der Waals surface area (Å²) in [6.45, 7) is 7.38. The summed E-state index contributed by atoms with van der Waals surface area (Å²) in [6.07, 6.45) is 4.67. The fourth-order valence-corrected chi connectivity index (χ4v) is 2.89. The molecule has 1 amide bonds. The quantitative estimate of drug-likeness (QED) is 0.734. The van der Waals surface area contributed by atoms with E-state index in [0.717, 1.165) is 32.5 Å². The summed E-state index contributed by atoms with van der Waals surface area (Å²) in [4.78, 5) is 14.5. The highest BCUT2D eigenvalue weighted by atomic mass is 16.2. The lowest BCUT2D eigenvalue weighted by molar-refractivity contribution is -0.140. The molecular weight excluding hydrogens is 200 g/mol. The molecular formula is C13H24N2O. The Bertz CT molecular complexity index is 248. The maximum atomic E-state index is 12.4. The van der Waals surface area contributed by atoms with Gasteiger partial charge < -0.3 is 10.2 Å². The van der Waals surface area contributed by atoms with Crippen molar-refractivity contribution in [2.75, 3.05) is 19.6 Å². The van der Waals surface area contributed by atoms with E-state index >= 15 is 0 Å². The zero-order valence-electron chi connectivity index (χ0n) is 10.5.